The number of amides is 1. The summed E-state index contributed by atoms with van der Waals surface area (Å²) in [5, 5.41) is 6.06. The number of nitrogens with one attached hydrogen (secondary N) is 2. The number of carbonyl (C=O) groups excluding carboxylic acids is 1. The van der Waals surface area contributed by atoms with Crippen LogP contribution in [0.5, 0.6) is 0 Å². The maximum atomic E-state index is 11.8. The fourth-order valence-electron chi connectivity index (χ4n) is 2.50. The van der Waals surface area contributed by atoms with E-state index < -0.39 is 0 Å². The summed E-state index contributed by atoms with van der Waals surface area (Å²) in [7, 11) is 1.72. The Hall–Kier alpha value is -0.610. The van der Waals surface area contributed by atoms with E-state index in [1.165, 1.54) is 12.8 Å². The lowest BCUT2D eigenvalue weighted by Crippen LogP contribution is -2.60. The highest BCUT2D eigenvalue weighted by Gasteiger charge is 2.31. The van der Waals surface area contributed by atoms with Crippen molar-refractivity contribution in [2.24, 2.45) is 0 Å². The molecule has 1 rings (SSSR count). The van der Waals surface area contributed by atoms with Crippen molar-refractivity contribution in [3.63, 3.8) is 0 Å². The first-order valence-electron chi connectivity index (χ1n) is 6.42. The molecule has 0 bridgehead atoms. The molecular weight excluding hydrogens is 202 g/mol. The predicted molar refractivity (Wildman–Crippen MR) is 66.4 cm³/mol. The Labute approximate surface area is 98.8 Å². The zero-order valence-electron chi connectivity index (χ0n) is 10.8. The van der Waals surface area contributed by atoms with Crippen LogP contribution in [0, 0.1) is 0 Å². The van der Waals surface area contributed by atoms with Gasteiger partial charge in [-0.15, -0.1) is 0 Å². The van der Waals surface area contributed by atoms with Crippen LogP contribution in [-0.4, -0.2) is 49.6 Å². The molecule has 0 aliphatic carbocycles. The first-order chi connectivity index (χ1) is 7.74. The van der Waals surface area contributed by atoms with Crippen LogP contribution in [0.1, 0.15) is 33.1 Å². The first-order valence-corrected chi connectivity index (χ1v) is 6.42. The molecule has 0 saturated carbocycles. The highest BCUT2D eigenvalue weighted by molar-refractivity contribution is 5.81. The molecule has 0 aromatic rings. The normalized spacial score (nSPS) is 24.1. The van der Waals surface area contributed by atoms with Gasteiger partial charge in [-0.2, -0.15) is 0 Å². The van der Waals surface area contributed by atoms with E-state index in [-0.39, 0.29) is 11.9 Å². The molecule has 0 spiro atoms. The van der Waals surface area contributed by atoms with Crippen LogP contribution in [-0.2, 0) is 4.79 Å². The molecule has 1 amide bonds. The molecule has 94 valence electrons. The SMILES string of the molecule is CCCC(CC)N1CCNCC1C(=O)NC. The van der Waals surface area contributed by atoms with E-state index in [1.54, 1.807) is 7.05 Å². The van der Waals surface area contributed by atoms with Gasteiger partial charge in [-0.05, 0) is 12.8 Å². The highest BCUT2D eigenvalue weighted by atomic mass is 16.2. The lowest BCUT2D eigenvalue weighted by atomic mass is 10.0. The second-order valence-corrected chi connectivity index (χ2v) is 4.42. The van der Waals surface area contributed by atoms with E-state index in [2.05, 4.69) is 29.4 Å². The molecule has 2 atom stereocenters. The second-order valence-electron chi connectivity index (χ2n) is 4.42. The van der Waals surface area contributed by atoms with Crippen LogP contribution in [0.3, 0.4) is 0 Å². The third-order valence-corrected chi connectivity index (χ3v) is 3.40. The van der Waals surface area contributed by atoms with E-state index in [4.69, 9.17) is 0 Å². The molecular formula is C12H25N3O. The van der Waals surface area contributed by atoms with Crippen molar-refractivity contribution in [2.45, 2.75) is 45.2 Å². The quantitative estimate of drug-likeness (QED) is 0.722. The van der Waals surface area contributed by atoms with Gasteiger partial charge in [0.25, 0.3) is 0 Å². The summed E-state index contributed by atoms with van der Waals surface area (Å²) in [6.45, 7) is 7.17. The zero-order valence-corrected chi connectivity index (χ0v) is 10.8. The maximum absolute atomic E-state index is 11.8. The summed E-state index contributed by atoms with van der Waals surface area (Å²) < 4.78 is 0. The molecule has 4 heteroatoms. The number of rotatable bonds is 5. The van der Waals surface area contributed by atoms with Crippen LogP contribution >= 0.6 is 0 Å². The minimum Gasteiger partial charge on any atom is -0.358 e. The van der Waals surface area contributed by atoms with Crippen molar-refractivity contribution in [1.82, 2.24) is 15.5 Å². The lowest BCUT2D eigenvalue weighted by molar-refractivity contribution is -0.127. The fraction of sp³-hybridized carbons (Fsp3) is 0.917. The number of nitrogens with zero attached hydrogens (tertiary/aromatic N) is 1. The van der Waals surface area contributed by atoms with Crippen molar-refractivity contribution in [3.8, 4) is 0 Å². The van der Waals surface area contributed by atoms with Gasteiger partial charge in [0.1, 0.15) is 6.04 Å². The molecule has 1 aliphatic heterocycles. The molecule has 0 aromatic carbocycles. The van der Waals surface area contributed by atoms with Gasteiger partial charge in [-0.1, -0.05) is 20.3 Å². The minimum absolute atomic E-state index is 0.00949. The standard InChI is InChI=1S/C12H25N3O/c1-4-6-10(5-2)15-8-7-14-9-11(15)12(16)13-3/h10-11,14H,4-9H2,1-3H3,(H,13,16). The third kappa shape index (κ3) is 3.19. The van der Waals surface area contributed by atoms with Gasteiger partial charge < -0.3 is 10.6 Å². The van der Waals surface area contributed by atoms with Crippen LogP contribution in [0.25, 0.3) is 0 Å². The number of carbonyl (C=O) groups is 1. The molecule has 1 aliphatic rings. The summed E-state index contributed by atoms with van der Waals surface area (Å²) in [5.41, 5.74) is 0. The van der Waals surface area contributed by atoms with Crippen LogP contribution < -0.4 is 10.6 Å². The summed E-state index contributed by atoms with van der Waals surface area (Å²) >= 11 is 0. The number of piperazine rings is 1. The van der Waals surface area contributed by atoms with Gasteiger partial charge in [0.2, 0.25) is 5.91 Å². The largest absolute Gasteiger partial charge is 0.358 e. The summed E-state index contributed by atoms with van der Waals surface area (Å²) in [6.07, 6.45) is 3.49. The van der Waals surface area contributed by atoms with Crippen molar-refractivity contribution < 1.29 is 4.79 Å². The van der Waals surface area contributed by atoms with Gasteiger partial charge in [0.05, 0.1) is 0 Å². The minimum atomic E-state index is 0.00949. The van der Waals surface area contributed by atoms with E-state index in [1.807, 2.05) is 0 Å². The molecule has 1 saturated heterocycles. The molecule has 0 aromatic heterocycles. The Balaban J connectivity index is 2.67. The third-order valence-electron chi connectivity index (χ3n) is 3.40. The Bertz CT molecular complexity index is 220. The fourth-order valence-corrected chi connectivity index (χ4v) is 2.50. The molecule has 1 fully saturated rings. The highest BCUT2D eigenvalue weighted by Crippen LogP contribution is 2.16. The average Bonchev–Trinajstić information content (AvgIpc) is 2.35. The Morgan fingerprint density at radius 2 is 2.31 bits per heavy atom. The molecule has 4 nitrogen and oxygen atoms in total. The maximum Gasteiger partial charge on any atom is 0.238 e. The van der Waals surface area contributed by atoms with Gasteiger partial charge >= 0.3 is 0 Å². The van der Waals surface area contributed by atoms with Crippen molar-refractivity contribution in [2.75, 3.05) is 26.7 Å². The average molecular weight is 227 g/mol. The van der Waals surface area contributed by atoms with E-state index >= 15 is 0 Å². The molecule has 2 N–H and O–H groups in total. The van der Waals surface area contributed by atoms with Crippen LogP contribution in [0.2, 0.25) is 0 Å². The Morgan fingerprint density at radius 1 is 1.56 bits per heavy atom. The smallest absolute Gasteiger partial charge is 0.238 e. The summed E-state index contributed by atoms with van der Waals surface area (Å²) in [6, 6.07) is 0.560. The predicted octanol–water partition coefficient (Wildman–Crippen LogP) is 0.585. The Kier molecular flexibility index (Phi) is 5.77. The molecule has 2 unspecified atom stereocenters. The van der Waals surface area contributed by atoms with E-state index in [0.29, 0.717) is 6.04 Å². The van der Waals surface area contributed by atoms with Gasteiger partial charge in [-0.25, -0.2) is 0 Å². The van der Waals surface area contributed by atoms with Crippen molar-refractivity contribution in [3.05, 3.63) is 0 Å². The van der Waals surface area contributed by atoms with Crippen molar-refractivity contribution in [1.29, 1.82) is 0 Å². The topological polar surface area (TPSA) is 44.4 Å². The Morgan fingerprint density at radius 3 is 2.88 bits per heavy atom. The van der Waals surface area contributed by atoms with Crippen molar-refractivity contribution >= 4 is 5.91 Å². The molecule has 16 heavy (non-hydrogen) atoms. The number of likely N-dealkylation sites (N-methyl/N-ethyl adjacent to an activating group) is 1. The van der Waals surface area contributed by atoms with E-state index in [0.717, 1.165) is 26.1 Å². The first kappa shape index (κ1) is 13.5. The molecule has 1 heterocycles. The monoisotopic (exact) mass is 227 g/mol. The zero-order chi connectivity index (χ0) is 12.0. The second kappa shape index (κ2) is 6.86. The van der Waals surface area contributed by atoms with Gasteiger partial charge in [-0.3, -0.25) is 9.69 Å². The number of hydrogen-bond acceptors (Lipinski definition) is 3. The lowest BCUT2D eigenvalue weighted by Gasteiger charge is -2.40. The van der Waals surface area contributed by atoms with Crippen LogP contribution in [0.4, 0.5) is 0 Å². The van der Waals surface area contributed by atoms with Gasteiger partial charge in [0, 0.05) is 32.7 Å². The number of hydrogen-bond donors (Lipinski definition) is 2. The molecule has 0 radical (unpaired) electrons. The van der Waals surface area contributed by atoms with E-state index in [9.17, 15) is 4.79 Å². The summed E-state index contributed by atoms with van der Waals surface area (Å²) in [5.74, 6) is 0.141. The van der Waals surface area contributed by atoms with Crippen LogP contribution in [0.15, 0.2) is 0 Å². The summed E-state index contributed by atoms with van der Waals surface area (Å²) in [4.78, 5) is 14.2. The van der Waals surface area contributed by atoms with Gasteiger partial charge in [0.15, 0.2) is 0 Å².